The van der Waals surface area contributed by atoms with Crippen molar-refractivity contribution in [2.24, 2.45) is 0 Å². The van der Waals surface area contributed by atoms with Crippen LogP contribution in [-0.2, 0) is 10.0 Å². The predicted molar refractivity (Wildman–Crippen MR) is 90.9 cm³/mol. The van der Waals surface area contributed by atoms with Crippen molar-refractivity contribution >= 4 is 39.7 Å². The van der Waals surface area contributed by atoms with E-state index >= 15 is 0 Å². The van der Waals surface area contributed by atoms with Crippen LogP contribution in [0.2, 0.25) is 5.02 Å². The van der Waals surface area contributed by atoms with Crippen molar-refractivity contribution in [2.45, 2.75) is 37.8 Å². The highest BCUT2D eigenvalue weighted by atomic mass is 35.5. The lowest BCUT2D eigenvalue weighted by Crippen LogP contribution is -2.57. The van der Waals surface area contributed by atoms with Crippen molar-refractivity contribution in [3.8, 4) is 0 Å². The van der Waals surface area contributed by atoms with Gasteiger partial charge in [-0.05, 0) is 32.4 Å². The molecule has 7 nitrogen and oxygen atoms in total. The SMILES string of the molecule is Cc1cc([N+](=O)[O-])c(Cl)c(S(=O)(=O)N2CCNC(C)C2C)c1.Cl. The van der Waals surface area contributed by atoms with E-state index in [0.717, 1.165) is 0 Å². The second kappa shape index (κ2) is 7.31. The summed E-state index contributed by atoms with van der Waals surface area (Å²) in [7, 11) is -3.90. The number of hydrogen-bond donors (Lipinski definition) is 1. The van der Waals surface area contributed by atoms with Crippen LogP contribution in [0.25, 0.3) is 0 Å². The van der Waals surface area contributed by atoms with Gasteiger partial charge in [-0.2, -0.15) is 4.31 Å². The van der Waals surface area contributed by atoms with Crippen molar-refractivity contribution in [2.75, 3.05) is 13.1 Å². The monoisotopic (exact) mass is 383 g/mol. The molecule has 1 N–H and O–H groups in total. The molecule has 2 atom stereocenters. The number of benzene rings is 1. The summed E-state index contributed by atoms with van der Waals surface area (Å²) >= 11 is 6.00. The zero-order chi connectivity index (χ0) is 16.7. The van der Waals surface area contributed by atoms with Gasteiger partial charge in [0.25, 0.3) is 5.69 Å². The van der Waals surface area contributed by atoms with Gasteiger partial charge in [0.15, 0.2) is 0 Å². The van der Waals surface area contributed by atoms with Crippen LogP contribution >= 0.6 is 24.0 Å². The molecule has 1 aromatic rings. The molecule has 0 aromatic heterocycles. The Morgan fingerprint density at radius 3 is 2.57 bits per heavy atom. The first-order valence-electron chi connectivity index (χ1n) is 6.86. The first-order valence-corrected chi connectivity index (χ1v) is 8.68. The number of sulfonamides is 1. The molecule has 0 aliphatic carbocycles. The standard InChI is InChI=1S/C13H18ClN3O4S.ClH/c1-8-6-11(17(18)19)13(14)12(7-8)22(20,21)16-5-4-15-9(2)10(16)3;/h6-7,9-10,15H,4-5H2,1-3H3;1H. The van der Waals surface area contributed by atoms with Gasteiger partial charge in [-0.1, -0.05) is 11.6 Å². The number of nitrogens with one attached hydrogen (secondary N) is 1. The lowest BCUT2D eigenvalue weighted by molar-refractivity contribution is -0.385. The van der Waals surface area contributed by atoms with Gasteiger partial charge in [0.2, 0.25) is 10.0 Å². The van der Waals surface area contributed by atoms with E-state index in [1.807, 2.05) is 6.92 Å². The van der Waals surface area contributed by atoms with E-state index in [0.29, 0.717) is 18.7 Å². The third-order valence-corrected chi connectivity index (χ3v) is 6.44. The fourth-order valence-electron chi connectivity index (χ4n) is 2.53. The zero-order valence-electron chi connectivity index (χ0n) is 12.9. The molecule has 0 spiro atoms. The number of piperazine rings is 1. The third kappa shape index (κ3) is 3.77. The molecule has 1 fully saturated rings. The van der Waals surface area contributed by atoms with Gasteiger partial charge in [-0.15, -0.1) is 12.4 Å². The van der Waals surface area contributed by atoms with E-state index in [9.17, 15) is 18.5 Å². The highest BCUT2D eigenvalue weighted by molar-refractivity contribution is 7.89. The molecule has 0 radical (unpaired) electrons. The number of aryl methyl sites for hydroxylation is 1. The minimum atomic E-state index is -3.90. The van der Waals surface area contributed by atoms with Gasteiger partial charge < -0.3 is 5.32 Å². The summed E-state index contributed by atoms with van der Waals surface area (Å²) in [6, 6.07) is 2.37. The summed E-state index contributed by atoms with van der Waals surface area (Å²) in [6.07, 6.45) is 0. The molecule has 0 amide bonds. The summed E-state index contributed by atoms with van der Waals surface area (Å²) < 4.78 is 27.1. The predicted octanol–water partition coefficient (Wildman–Crippen LogP) is 2.35. The molecular formula is C13H19Cl2N3O4S. The smallest absolute Gasteiger partial charge is 0.289 e. The number of hydrogen-bond acceptors (Lipinski definition) is 5. The fraction of sp³-hybridized carbons (Fsp3) is 0.538. The van der Waals surface area contributed by atoms with Crippen molar-refractivity contribution in [3.05, 3.63) is 32.8 Å². The van der Waals surface area contributed by atoms with Crippen LogP contribution in [0.4, 0.5) is 5.69 Å². The first kappa shape index (κ1) is 20.1. The van der Waals surface area contributed by atoms with Gasteiger partial charge in [0, 0.05) is 31.2 Å². The van der Waals surface area contributed by atoms with Gasteiger partial charge in [-0.25, -0.2) is 8.42 Å². The molecule has 1 aliphatic heterocycles. The summed E-state index contributed by atoms with van der Waals surface area (Å²) in [6.45, 7) is 6.12. The molecule has 10 heteroatoms. The third-order valence-electron chi connectivity index (χ3n) is 3.92. The van der Waals surface area contributed by atoms with Gasteiger partial charge in [0.05, 0.1) is 4.92 Å². The molecule has 1 aliphatic rings. The molecule has 0 saturated carbocycles. The minimum Gasteiger partial charge on any atom is -0.311 e. The molecule has 23 heavy (non-hydrogen) atoms. The highest BCUT2D eigenvalue weighted by Crippen LogP contribution is 2.35. The van der Waals surface area contributed by atoms with E-state index in [2.05, 4.69) is 5.32 Å². The topological polar surface area (TPSA) is 92.5 Å². The van der Waals surface area contributed by atoms with Crippen LogP contribution in [0, 0.1) is 17.0 Å². The molecule has 1 heterocycles. The largest absolute Gasteiger partial charge is 0.311 e. The van der Waals surface area contributed by atoms with Crippen molar-refractivity contribution in [1.82, 2.24) is 9.62 Å². The second-order valence-electron chi connectivity index (χ2n) is 5.45. The highest BCUT2D eigenvalue weighted by Gasteiger charge is 2.37. The van der Waals surface area contributed by atoms with Gasteiger partial charge >= 0.3 is 0 Å². The number of nitro benzene ring substituents is 1. The van der Waals surface area contributed by atoms with E-state index in [1.165, 1.54) is 16.4 Å². The molecule has 1 aromatic carbocycles. The molecule has 130 valence electrons. The Labute approximate surface area is 146 Å². The Bertz CT molecular complexity index is 711. The Balaban J connectivity index is 0.00000264. The van der Waals surface area contributed by atoms with Crippen LogP contribution in [0.15, 0.2) is 17.0 Å². The summed E-state index contributed by atoms with van der Waals surface area (Å²) in [5, 5.41) is 13.9. The maximum absolute atomic E-state index is 12.9. The number of halogens is 2. The van der Waals surface area contributed by atoms with Crippen LogP contribution in [0.5, 0.6) is 0 Å². The van der Waals surface area contributed by atoms with Crippen LogP contribution in [-0.4, -0.2) is 42.8 Å². The average Bonchev–Trinajstić information content (AvgIpc) is 2.43. The Morgan fingerprint density at radius 1 is 1.39 bits per heavy atom. The van der Waals surface area contributed by atoms with Gasteiger partial charge in [-0.3, -0.25) is 10.1 Å². The number of rotatable bonds is 3. The fourth-order valence-corrected chi connectivity index (χ4v) is 4.87. The molecule has 1 saturated heterocycles. The Kier molecular flexibility index (Phi) is 6.39. The Hall–Kier alpha value is -0.930. The van der Waals surface area contributed by atoms with E-state index in [4.69, 9.17) is 11.6 Å². The summed E-state index contributed by atoms with van der Waals surface area (Å²) in [5.74, 6) is 0. The molecule has 2 unspecified atom stereocenters. The van der Waals surface area contributed by atoms with Gasteiger partial charge in [0.1, 0.15) is 9.92 Å². The lowest BCUT2D eigenvalue weighted by Gasteiger charge is -2.37. The normalized spacial score (nSPS) is 22.4. The van der Waals surface area contributed by atoms with E-state index in [1.54, 1.807) is 13.8 Å². The summed E-state index contributed by atoms with van der Waals surface area (Å²) in [5.41, 5.74) is 0.0848. The maximum Gasteiger partial charge on any atom is 0.289 e. The second-order valence-corrected chi connectivity index (χ2v) is 7.69. The lowest BCUT2D eigenvalue weighted by atomic mass is 10.1. The quantitative estimate of drug-likeness (QED) is 0.638. The van der Waals surface area contributed by atoms with E-state index in [-0.39, 0.29) is 34.4 Å². The van der Waals surface area contributed by atoms with Crippen LogP contribution < -0.4 is 5.32 Å². The molecular weight excluding hydrogens is 365 g/mol. The number of nitro groups is 1. The van der Waals surface area contributed by atoms with Crippen molar-refractivity contribution in [3.63, 3.8) is 0 Å². The van der Waals surface area contributed by atoms with Crippen molar-refractivity contribution in [1.29, 1.82) is 0 Å². The Morgan fingerprint density at radius 2 is 2.00 bits per heavy atom. The van der Waals surface area contributed by atoms with Crippen molar-refractivity contribution < 1.29 is 13.3 Å². The first-order chi connectivity index (χ1) is 10.2. The van der Waals surface area contributed by atoms with Crippen LogP contribution in [0.1, 0.15) is 19.4 Å². The average molecular weight is 384 g/mol. The minimum absolute atomic E-state index is 0. The van der Waals surface area contributed by atoms with Crippen LogP contribution in [0.3, 0.4) is 0 Å². The molecule has 0 bridgehead atoms. The molecule has 2 rings (SSSR count). The van der Waals surface area contributed by atoms with E-state index < -0.39 is 20.6 Å². The summed E-state index contributed by atoms with van der Waals surface area (Å²) in [4.78, 5) is 10.2. The zero-order valence-corrected chi connectivity index (χ0v) is 15.3. The number of nitrogens with zero attached hydrogens (tertiary/aromatic N) is 2. The maximum atomic E-state index is 12.9.